The topological polar surface area (TPSA) is 88.3 Å². The van der Waals surface area contributed by atoms with E-state index in [1.165, 1.54) is 0 Å². The van der Waals surface area contributed by atoms with Gasteiger partial charge in [0.05, 0.1) is 12.2 Å². The van der Waals surface area contributed by atoms with Crippen molar-refractivity contribution in [1.82, 2.24) is 4.90 Å². The van der Waals surface area contributed by atoms with E-state index in [1.807, 2.05) is 29.2 Å². The third-order valence-corrected chi connectivity index (χ3v) is 6.74. The van der Waals surface area contributed by atoms with Gasteiger partial charge in [0, 0.05) is 43.6 Å². The molecule has 7 nitrogen and oxygen atoms in total. The number of nitrogen functional groups attached to an aromatic ring is 1. The van der Waals surface area contributed by atoms with Gasteiger partial charge in [0.1, 0.15) is 0 Å². The minimum Gasteiger partial charge on any atom is -0.502 e. The summed E-state index contributed by atoms with van der Waals surface area (Å²) in [5.41, 5.74) is 8.41. The summed E-state index contributed by atoms with van der Waals surface area (Å²) in [7, 11) is 0. The number of carbonyl (C=O) groups is 1. The zero-order valence-corrected chi connectivity index (χ0v) is 22.1. The number of benzene rings is 2. The van der Waals surface area contributed by atoms with Crippen LogP contribution in [0.4, 0.5) is 11.4 Å². The molecule has 0 saturated carbocycles. The average molecular weight is 496 g/mol. The number of rotatable bonds is 11. The predicted molar refractivity (Wildman–Crippen MR) is 147 cm³/mol. The summed E-state index contributed by atoms with van der Waals surface area (Å²) in [4.78, 5) is 17.0. The monoisotopic (exact) mass is 495 g/mol. The maximum Gasteiger partial charge on any atom is 0.246 e. The van der Waals surface area contributed by atoms with Crippen molar-refractivity contribution in [3.63, 3.8) is 0 Å². The minimum absolute atomic E-state index is 0.00453. The number of nitrogens with two attached hydrogens (primary N) is 1. The maximum absolute atomic E-state index is 12.9. The van der Waals surface area contributed by atoms with Crippen molar-refractivity contribution in [2.75, 3.05) is 36.8 Å². The number of phenols is 1. The summed E-state index contributed by atoms with van der Waals surface area (Å²) in [5.74, 6) is 0.744. The van der Waals surface area contributed by atoms with Gasteiger partial charge in [-0.3, -0.25) is 4.79 Å². The highest BCUT2D eigenvalue weighted by atomic mass is 16.5. The van der Waals surface area contributed by atoms with Gasteiger partial charge in [0.15, 0.2) is 11.5 Å². The van der Waals surface area contributed by atoms with E-state index in [-0.39, 0.29) is 23.9 Å². The molecule has 0 aliphatic carbocycles. The molecule has 196 valence electrons. The van der Waals surface area contributed by atoms with Crippen molar-refractivity contribution in [2.45, 2.75) is 65.6 Å². The Kier molecular flexibility index (Phi) is 9.91. The van der Waals surface area contributed by atoms with Crippen molar-refractivity contribution in [1.29, 1.82) is 0 Å². The summed E-state index contributed by atoms with van der Waals surface area (Å²) in [6.45, 7) is 11.1. The summed E-state index contributed by atoms with van der Waals surface area (Å²) in [6, 6.07) is 11.4. The lowest BCUT2D eigenvalue weighted by Gasteiger charge is -2.35. The Bertz CT molecular complexity index is 971. The number of hydrogen-bond donors (Lipinski definition) is 2. The van der Waals surface area contributed by atoms with E-state index in [9.17, 15) is 9.90 Å². The van der Waals surface area contributed by atoms with Crippen molar-refractivity contribution in [2.24, 2.45) is 0 Å². The van der Waals surface area contributed by atoms with Crippen molar-refractivity contribution < 1.29 is 19.4 Å². The highest BCUT2D eigenvalue weighted by Crippen LogP contribution is 2.40. The number of piperazine rings is 1. The first-order valence-electron chi connectivity index (χ1n) is 13.2. The third kappa shape index (κ3) is 7.09. The van der Waals surface area contributed by atoms with Gasteiger partial charge >= 0.3 is 0 Å². The lowest BCUT2D eigenvalue weighted by Crippen LogP contribution is -2.48. The van der Waals surface area contributed by atoms with Crippen LogP contribution in [0.15, 0.2) is 42.5 Å². The number of phenolic OH excluding ortho intramolecular Hbond substituents is 1. The second-order valence-electron chi connectivity index (χ2n) is 9.22. The molecule has 3 rings (SSSR count). The van der Waals surface area contributed by atoms with Crippen LogP contribution in [-0.4, -0.2) is 54.3 Å². The van der Waals surface area contributed by atoms with Crippen molar-refractivity contribution >= 4 is 23.4 Å². The molecular formula is C29H41N3O4. The van der Waals surface area contributed by atoms with Gasteiger partial charge in [-0.1, -0.05) is 27.7 Å². The molecule has 1 aliphatic heterocycles. The molecule has 0 bridgehead atoms. The highest BCUT2D eigenvalue weighted by Gasteiger charge is 2.21. The summed E-state index contributed by atoms with van der Waals surface area (Å²) in [5, 5.41) is 10.8. The highest BCUT2D eigenvalue weighted by molar-refractivity contribution is 5.92. The number of amides is 1. The summed E-state index contributed by atoms with van der Waals surface area (Å²) < 4.78 is 12.2. The summed E-state index contributed by atoms with van der Waals surface area (Å²) >= 11 is 0. The van der Waals surface area contributed by atoms with Crippen LogP contribution >= 0.6 is 0 Å². The van der Waals surface area contributed by atoms with Crippen LogP contribution in [0.5, 0.6) is 17.2 Å². The number of nitrogens with zero attached hydrogens (tertiary/aromatic N) is 2. The van der Waals surface area contributed by atoms with Crippen LogP contribution in [-0.2, 0) is 4.79 Å². The molecule has 0 aromatic heterocycles. The molecule has 1 aliphatic rings. The molecule has 1 saturated heterocycles. The number of aromatic hydroxyl groups is 1. The van der Waals surface area contributed by atoms with E-state index in [2.05, 4.69) is 32.6 Å². The van der Waals surface area contributed by atoms with E-state index in [4.69, 9.17) is 15.2 Å². The molecule has 36 heavy (non-hydrogen) atoms. The normalized spacial score (nSPS) is 14.2. The zero-order chi connectivity index (χ0) is 26.1. The number of ether oxygens (including phenoxy) is 2. The largest absolute Gasteiger partial charge is 0.502 e. The van der Waals surface area contributed by atoms with Crippen LogP contribution in [0.2, 0.25) is 0 Å². The van der Waals surface area contributed by atoms with Gasteiger partial charge < -0.3 is 30.1 Å². The molecule has 0 atom stereocenters. The minimum atomic E-state index is -0.0371. The first kappa shape index (κ1) is 27.2. The lowest BCUT2D eigenvalue weighted by molar-refractivity contribution is -0.126. The Morgan fingerprint density at radius 1 is 0.917 bits per heavy atom. The van der Waals surface area contributed by atoms with Gasteiger partial charge in [-0.15, -0.1) is 0 Å². The second kappa shape index (κ2) is 13.1. The van der Waals surface area contributed by atoms with Crippen LogP contribution in [0.3, 0.4) is 0 Å². The molecule has 1 amide bonds. The Balaban J connectivity index is 1.72. The Morgan fingerprint density at radius 2 is 1.42 bits per heavy atom. The standard InChI is InChI=1S/C29H41N3O4/c1-5-24(6-2)35-26-19-21(20-27(29(26)34)36-25(7-3)8-4)9-14-28(33)32-17-15-31(16-18-32)23-12-10-22(30)11-13-23/h9-14,19-20,24-25,34H,5-8,15-18,30H2,1-4H3. The molecule has 2 aromatic rings. The third-order valence-electron chi connectivity index (χ3n) is 6.74. The average Bonchev–Trinajstić information content (AvgIpc) is 2.91. The fourth-order valence-corrected chi connectivity index (χ4v) is 4.29. The van der Waals surface area contributed by atoms with E-state index in [1.54, 1.807) is 24.3 Å². The van der Waals surface area contributed by atoms with E-state index in [0.29, 0.717) is 24.6 Å². The molecule has 0 unspecified atom stereocenters. The van der Waals surface area contributed by atoms with Gasteiger partial charge in [0.2, 0.25) is 11.7 Å². The van der Waals surface area contributed by atoms with Gasteiger partial charge in [-0.05, 0) is 73.7 Å². The van der Waals surface area contributed by atoms with Gasteiger partial charge in [-0.2, -0.15) is 0 Å². The second-order valence-corrected chi connectivity index (χ2v) is 9.22. The van der Waals surface area contributed by atoms with Gasteiger partial charge in [0.25, 0.3) is 0 Å². The van der Waals surface area contributed by atoms with Crippen LogP contribution in [0.1, 0.15) is 58.9 Å². The smallest absolute Gasteiger partial charge is 0.246 e. The molecule has 1 fully saturated rings. The maximum atomic E-state index is 12.9. The molecule has 1 heterocycles. The molecular weight excluding hydrogens is 454 g/mol. The van der Waals surface area contributed by atoms with E-state index < -0.39 is 0 Å². The SMILES string of the molecule is CCC(CC)Oc1cc(C=CC(=O)N2CCN(c3ccc(N)cc3)CC2)cc(OC(CC)CC)c1O. The Labute approximate surface area is 215 Å². The quantitative estimate of drug-likeness (QED) is 0.317. The Morgan fingerprint density at radius 3 is 1.89 bits per heavy atom. The first-order chi connectivity index (χ1) is 17.4. The molecule has 3 N–H and O–H groups in total. The predicted octanol–water partition coefficient (Wildman–Crippen LogP) is 5.47. The summed E-state index contributed by atoms with van der Waals surface area (Å²) in [6.07, 6.45) is 6.68. The van der Waals surface area contributed by atoms with Crippen molar-refractivity contribution in [3.05, 3.63) is 48.0 Å². The van der Waals surface area contributed by atoms with E-state index >= 15 is 0 Å². The number of hydrogen-bond acceptors (Lipinski definition) is 6. The molecule has 7 heteroatoms. The van der Waals surface area contributed by atoms with Gasteiger partial charge in [-0.25, -0.2) is 0 Å². The fraction of sp³-hybridized carbons (Fsp3) is 0.483. The van der Waals surface area contributed by atoms with Crippen molar-refractivity contribution in [3.8, 4) is 17.2 Å². The molecule has 2 aromatic carbocycles. The zero-order valence-electron chi connectivity index (χ0n) is 22.1. The Hall–Kier alpha value is -3.35. The van der Waals surface area contributed by atoms with Crippen LogP contribution in [0.25, 0.3) is 6.08 Å². The molecule has 0 spiro atoms. The fourth-order valence-electron chi connectivity index (χ4n) is 4.29. The molecule has 0 radical (unpaired) electrons. The number of anilines is 2. The van der Waals surface area contributed by atoms with E-state index in [0.717, 1.165) is 55.7 Å². The van der Waals surface area contributed by atoms with Crippen LogP contribution in [0, 0.1) is 0 Å². The lowest BCUT2D eigenvalue weighted by atomic mass is 10.1. The van der Waals surface area contributed by atoms with Crippen LogP contribution < -0.4 is 20.1 Å². The first-order valence-corrected chi connectivity index (χ1v) is 13.2. The number of carbonyl (C=O) groups excluding carboxylic acids is 1.